The SMILES string of the molecule is CC(C)CC1CC(C)(COc2cc(F)c(C(CCCCNC=O)C(=O)O)cc2C2CC2)CP1. The van der Waals surface area contributed by atoms with E-state index in [2.05, 4.69) is 26.1 Å². The van der Waals surface area contributed by atoms with Gasteiger partial charge in [0.05, 0.1) is 12.5 Å². The lowest BCUT2D eigenvalue weighted by molar-refractivity contribution is -0.139. The predicted octanol–water partition coefficient (Wildman–Crippen LogP) is 5.67. The Balaban J connectivity index is 1.70. The van der Waals surface area contributed by atoms with Crippen LogP contribution in [0.2, 0.25) is 0 Å². The minimum atomic E-state index is -1.01. The number of carboxylic acid groups (broad SMARTS) is 1. The Bertz CT molecular complexity index is 829. The van der Waals surface area contributed by atoms with Crippen molar-refractivity contribution in [3.8, 4) is 5.75 Å². The molecule has 1 aromatic rings. The molecular formula is C26H39FNO4P. The molecule has 5 nitrogen and oxygen atoms in total. The van der Waals surface area contributed by atoms with Gasteiger partial charge in [-0.3, -0.25) is 9.59 Å². The molecule has 184 valence electrons. The summed E-state index contributed by atoms with van der Waals surface area (Å²) in [5.41, 5.74) is 2.10. The predicted molar refractivity (Wildman–Crippen MR) is 131 cm³/mol. The normalized spacial score (nSPS) is 24.2. The van der Waals surface area contributed by atoms with E-state index in [1.54, 1.807) is 6.07 Å². The molecule has 33 heavy (non-hydrogen) atoms. The molecule has 0 spiro atoms. The second kappa shape index (κ2) is 11.6. The van der Waals surface area contributed by atoms with E-state index in [4.69, 9.17) is 4.74 Å². The smallest absolute Gasteiger partial charge is 0.311 e. The molecule has 0 aromatic heterocycles. The quantitative estimate of drug-likeness (QED) is 0.205. The van der Waals surface area contributed by atoms with Crippen molar-refractivity contribution in [2.24, 2.45) is 11.3 Å². The molecule has 0 bridgehead atoms. The van der Waals surface area contributed by atoms with Crippen molar-refractivity contribution < 1.29 is 23.8 Å². The maximum Gasteiger partial charge on any atom is 0.311 e. The maximum absolute atomic E-state index is 15.2. The van der Waals surface area contributed by atoms with Crippen LogP contribution in [0.5, 0.6) is 5.75 Å². The zero-order valence-electron chi connectivity index (χ0n) is 20.2. The zero-order valence-corrected chi connectivity index (χ0v) is 21.2. The first-order valence-corrected chi connectivity index (χ1v) is 13.6. The zero-order chi connectivity index (χ0) is 24.0. The summed E-state index contributed by atoms with van der Waals surface area (Å²) < 4.78 is 21.4. The molecule has 1 aliphatic carbocycles. The van der Waals surface area contributed by atoms with Gasteiger partial charge in [-0.05, 0) is 73.8 Å². The minimum absolute atomic E-state index is 0.118. The summed E-state index contributed by atoms with van der Waals surface area (Å²) in [6.07, 6.45) is 7.87. The van der Waals surface area contributed by atoms with Crippen molar-refractivity contribution in [2.45, 2.75) is 83.2 Å². The average molecular weight is 480 g/mol. The van der Waals surface area contributed by atoms with Crippen LogP contribution in [0.3, 0.4) is 0 Å². The maximum atomic E-state index is 15.2. The van der Waals surface area contributed by atoms with Crippen molar-refractivity contribution in [2.75, 3.05) is 19.3 Å². The summed E-state index contributed by atoms with van der Waals surface area (Å²) >= 11 is 0. The first-order chi connectivity index (χ1) is 15.7. The third-order valence-electron chi connectivity index (χ3n) is 6.86. The monoisotopic (exact) mass is 479 g/mol. The molecule has 1 heterocycles. The van der Waals surface area contributed by atoms with E-state index < -0.39 is 17.7 Å². The van der Waals surface area contributed by atoms with E-state index >= 15 is 4.39 Å². The second-order valence-electron chi connectivity index (χ2n) is 10.7. The summed E-state index contributed by atoms with van der Waals surface area (Å²) in [7, 11) is 0.962. The summed E-state index contributed by atoms with van der Waals surface area (Å²) in [4.78, 5) is 22.3. The molecule has 2 N–H and O–H groups in total. The first kappa shape index (κ1) is 25.9. The van der Waals surface area contributed by atoms with Crippen LogP contribution in [0.1, 0.15) is 88.7 Å². The molecule has 4 atom stereocenters. The number of hydrogen-bond acceptors (Lipinski definition) is 3. The van der Waals surface area contributed by atoms with Gasteiger partial charge < -0.3 is 15.2 Å². The summed E-state index contributed by atoms with van der Waals surface area (Å²) in [5.74, 6) is -0.768. The van der Waals surface area contributed by atoms with Gasteiger partial charge >= 0.3 is 5.97 Å². The third kappa shape index (κ3) is 7.40. The second-order valence-corrected chi connectivity index (χ2v) is 12.2. The van der Waals surface area contributed by atoms with Crippen molar-refractivity contribution in [3.05, 3.63) is 29.1 Å². The molecule has 0 radical (unpaired) electrons. The molecule has 4 unspecified atom stereocenters. The van der Waals surface area contributed by atoms with Crippen LogP contribution in [-0.2, 0) is 9.59 Å². The lowest BCUT2D eigenvalue weighted by atomic mass is 9.87. The van der Waals surface area contributed by atoms with E-state index in [-0.39, 0.29) is 11.0 Å². The molecule has 7 heteroatoms. The van der Waals surface area contributed by atoms with Gasteiger partial charge in [0, 0.05) is 23.6 Å². The van der Waals surface area contributed by atoms with E-state index in [1.807, 2.05) is 0 Å². The van der Waals surface area contributed by atoms with Gasteiger partial charge in [0.15, 0.2) is 0 Å². The van der Waals surface area contributed by atoms with Gasteiger partial charge in [-0.25, -0.2) is 4.39 Å². The molecule has 1 aliphatic heterocycles. The van der Waals surface area contributed by atoms with Crippen molar-refractivity contribution in [1.82, 2.24) is 5.32 Å². The number of amides is 1. The average Bonchev–Trinajstić information content (AvgIpc) is 3.52. The number of rotatable bonds is 14. The van der Waals surface area contributed by atoms with Gasteiger partial charge in [0.1, 0.15) is 11.6 Å². The van der Waals surface area contributed by atoms with Crippen molar-refractivity contribution >= 4 is 21.0 Å². The Morgan fingerprint density at radius 3 is 2.76 bits per heavy atom. The highest BCUT2D eigenvalue weighted by atomic mass is 31.1. The van der Waals surface area contributed by atoms with E-state index in [1.165, 1.54) is 12.5 Å². The van der Waals surface area contributed by atoms with Crippen LogP contribution < -0.4 is 10.1 Å². The fourth-order valence-corrected chi connectivity index (χ4v) is 7.27. The molecule has 3 rings (SSSR count). The standard InChI is InChI=1S/C26H39FNO4P/c1-17(2)10-19-13-26(3,15-33-19)14-32-24-12-23(27)22(11-21(24)18-7-8-18)20(25(30)31)6-4-5-9-28-16-29/h11-12,16-20,33H,4-10,13-15H2,1-3H3,(H,28,29)(H,30,31). The number of hydrogen-bond donors (Lipinski definition) is 2. The number of aliphatic carboxylic acids is 1. The van der Waals surface area contributed by atoms with Crippen LogP contribution in [0.25, 0.3) is 0 Å². The number of carboxylic acids is 1. The van der Waals surface area contributed by atoms with E-state index in [0.717, 1.165) is 45.2 Å². The summed E-state index contributed by atoms with van der Waals surface area (Å²) in [6.45, 7) is 7.90. The summed E-state index contributed by atoms with van der Waals surface area (Å²) in [5, 5.41) is 12.3. The van der Waals surface area contributed by atoms with Crippen LogP contribution in [0.4, 0.5) is 4.39 Å². The van der Waals surface area contributed by atoms with Crippen LogP contribution in [0, 0.1) is 17.2 Å². The number of ether oxygens (including phenoxy) is 1. The molecule has 2 aliphatic rings. The Kier molecular flexibility index (Phi) is 9.15. The van der Waals surface area contributed by atoms with Gasteiger partial charge in [0.2, 0.25) is 6.41 Å². The van der Waals surface area contributed by atoms with Crippen molar-refractivity contribution in [1.29, 1.82) is 0 Å². The Hall–Kier alpha value is -1.68. The number of carbonyl (C=O) groups excluding carboxylic acids is 1. The summed E-state index contributed by atoms with van der Waals surface area (Å²) in [6, 6.07) is 3.18. The molecule has 1 aromatic carbocycles. The third-order valence-corrected chi connectivity index (χ3v) is 8.93. The Labute approximate surface area is 199 Å². The van der Waals surface area contributed by atoms with Crippen LogP contribution in [-0.4, -0.2) is 42.5 Å². The number of benzene rings is 1. The Morgan fingerprint density at radius 2 is 2.12 bits per heavy atom. The molecule has 2 fully saturated rings. The number of halogens is 1. The molecule has 1 saturated carbocycles. The molecule has 1 amide bonds. The highest BCUT2D eigenvalue weighted by molar-refractivity contribution is 7.39. The number of carbonyl (C=O) groups is 2. The number of nitrogens with one attached hydrogen (secondary N) is 1. The lowest BCUT2D eigenvalue weighted by Gasteiger charge is -2.26. The van der Waals surface area contributed by atoms with Gasteiger partial charge in [-0.2, -0.15) is 0 Å². The van der Waals surface area contributed by atoms with Crippen molar-refractivity contribution in [3.63, 3.8) is 0 Å². The van der Waals surface area contributed by atoms with Crippen LogP contribution >= 0.6 is 8.58 Å². The number of unbranched alkanes of at least 4 members (excludes halogenated alkanes) is 1. The minimum Gasteiger partial charge on any atom is -0.493 e. The fourth-order valence-electron chi connectivity index (χ4n) is 4.97. The van der Waals surface area contributed by atoms with Gasteiger partial charge in [-0.15, -0.1) is 8.58 Å². The Morgan fingerprint density at radius 1 is 1.36 bits per heavy atom. The first-order valence-electron chi connectivity index (χ1n) is 12.3. The molecule has 1 saturated heterocycles. The van der Waals surface area contributed by atoms with Gasteiger partial charge in [0.25, 0.3) is 0 Å². The van der Waals surface area contributed by atoms with Crippen LogP contribution in [0.15, 0.2) is 12.1 Å². The highest BCUT2D eigenvalue weighted by Crippen LogP contribution is 2.49. The fraction of sp³-hybridized carbons (Fsp3) is 0.692. The van der Waals surface area contributed by atoms with Gasteiger partial charge in [-0.1, -0.05) is 27.2 Å². The lowest BCUT2D eigenvalue weighted by Crippen LogP contribution is -2.26. The highest BCUT2D eigenvalue weighted by Gasteiger charge is 2.37. The van der Waals surface area contributed by atoms with E-state index in [0.29, 0.717) is 56.4 Å². The van der Waals surface area contributed by atoms with E-state index in [9.17, 15) is 14.7 Å². The molecular weight excluding hydrogens is 440 g/mol. The largest absolute Gasteiger partial charge is 0.493 e. The topological polar surface area (TPSA) is 75.6 Å².